The van der Waals surface area contributed by atoms with Crippen molar-refractivity contribution in [1.29, 1.82) is 0 Å². The Morgan fingerprint density at radius 1 is 1.39 bits per heavy atom. The second-order valence-electron chi connectivity index (χ2n) is 5.55. The average Bonchev–Trinajstić information content (AvgIpc) is 3.02. The van der Waals surface area contributed by atoms with Crippen molar-refractivity contribution in [1.82, 2.24) is 19.4 Å². The number of H-pyrrole nitrogens is 1. The molecule has 1 atom stereocenters. The normalized spacial score (nSPS) is 17.6. The number of primary amides is 1. The van der Waals surface area contributed by atoms with Gasteiger partial charge in [-0.25, -0.2) is 9.78 Å². The summed E-state index contributed by atoms with van der Waals surface area (Å²) in [6.07, 6.45) is 1.85. The van der Waals surface area contributed by atoms with E-state index in [1.807, 2.05) is 0 Å². The minimum atomic E-state index is -0.596. The molecule has 0 unspecified atom stereocenters. The molecular formula is C14H15N5O4. The Balaban J connectivity index is 1.98. The Hall–Kier alpha value is -2.97. The lowest BCUT2D eigenvalue weighted by molar-refractivity contribution is -0.121. The van der Waals surface area contributed by atoms with Crippen LogP contribution in [0.15, 0.2) is 21.9 Å². The van der Waals surface area contributed by atoms with E-state index in [2.05, 4.69) is 9.97 Å². The lowest BCUT2D eigenvalue weighted by atomic mass is 10.1. The molecule has 0 aromatic carbocycles. The number of likely N-dealkylation sites (tertiary alicyclic amines) is 1. The quantitative estimate of drug-likeness (QED) is 0.701. The van der Waals surface area contributed by atoms with Gasteiger partial charge in [-0.15, -0.1) is 0 Å². The van der Waals surface area contributed by atoms with Gasteiger partial charge in [0.05, 0.1) is 16.9 Å². The lowest BCUT2D eigenvalue weighted by Gasteiger charge is -2.16. The predicted octanol–water partition coefficient (Wildman–Crippen LogP) is -1.43. The Kier molecular flexibility index (Phi) is 3.47. The van der Waals surface area contributed by atoms with E-state index in [1.54, 1.807) is 0 Å². The van der Waals surface area contributed by atoms with Gasteiger partial charge in [-0.3, -0.25) is 23.9 Å². The zero-order valence-electron chi connectivity index (χ0n) is 12.4. The molecule has 0 aliphatic carbocycles. The smallest absolute Gasteiger partial charge is 0.329 e. The van der Waals surface area contributed by atoms with Crippen LogP contribution >= 0.6 is 0 Å². The first-order valence-electron chi connectivity index (χ1n) is 7.06. The number of hydrogen-bond acceptors (Lipinski definition) is 5. The van der Waals surface area contributed by atoms with Crippen LogP contribution in [-0.4, -0.2) is 44.3 Å². The standard InChI is InChI=1S/C14H15N5O4/c1-18-11-9(12(21)17-14(18)23)4-8(5-16-11)13(22)19-3-2-7(6-19)10(15)20/h4-5,7H,2-3,6H2,1H3,(H2,15,20)(H,17,21,23)/t7-/m1/s1. The molecule has 3 heterocycles. The highest BCUT2D eigenvalue weighted by Gasteiger charge is 2.30. The lowest BCUT2D eigenvalue weighted by Crippen LogP contribution is -2.32. The second-order valence-corrected chi connectivity index (χ2v) is 5.55. The van der Waals surface area contributed by atoms with Crippen molar-refractivity contribution in [3.8, 4) is 0 Å². The van der Waals surface area contributed by atoms with E-state index in [-0.39, 0.29) is 35.0 Å². The van der Waals surface area contributed by atoms with Crippen LogP contribution in [0.25, 0.3) is 11.0 Å². The van der Waals surface area contributed by atoms with E-state index in [9.17, 15) is 19.2 Å². The highest BCUT2D eigenvalue weighted by Crippen LogP contribution is 2.19. The van der Waals surface area contributed by atoms with Gasteiger partial charge in [-0.05, 0) is 12.5 Å². The number of rotatable bonds is 2. The third-order valence-electron chi connectivity index (χ3n) is 4.08. The van der Waals surface area contributed by atoms with Crippen molar-refractivity contribution in [2.24, 2.45) is 18.7 Å². The monoisotopic (exact) mass is 317 g/mol. The number of carbonyl (C=O) groups excluding carboxylic acids is 2. The number of hydrogen-bond donors (Lipinski definition) is 2. The second kappa shape index (κ2) is 5.34. The number of aromatic amines is 1. The number of aryl methyl sites for hydroxylation is 1. The summed E-state index contributed by atoms with van der Waals surface area (Å²) in [6.45, 7) is 0.684. The molecule has 23 heavy (non-hydrogen) atoms. The molecule has 1 aliphatic rings. The van der Waals surface area contributed by atoms with Gasteiger partial charge in [0.15, 0.2) is 0 Å². The van der Waals surface area contributed by atoms with E-state index < -0.39 is 17.2 Å². The summed E-state index contributed by atoms with van der Waals surface area (Å²) in [5, 5.41) is 0.156. The zero-order chi connectivity index (χ0) is 16.7. The van der Waals surface area contributed by atoms with Crippen LogP contribution in [0.5, 0.6) is 0 Å². The zero-order valence-corrected chi connectivity index (χ0v) is 12.4. The molecular weight excluding hydrogens is 302 g/mol. The first-order valence-corrected chi connectivity index (χ1v) is 7.06. The first kappa shape index (κ1) is 14.9. The van der Waals surface area contributed by atoms with Crippen molar-refractivity contribution < 1.29 is 9.59 Å². The number of nitrogens with two attached hydrogens (primary N) is 1. The number of carbonyl (C=O) groups is 2. The van der Waals surface area contributed by atoms with E-state index in [4.69, 9.17) is 5.73 Å². The Labute approximate surface area is 129 Å². The summed E-state index contributed by atoms with van der Waals surface area (Å²) in [5.74, 6) is -1.10. The number of amides is 2. The molecule has 0 spiro atoms. The molecule has 1 saturated heterocycles. The summed E-state index contributed by atoms with van der Waals surface area (Å²) < 4.78 is 1.20. The molecule has 1 fully saturated rings. The van der Waals surface area contributed by atoms with Gasteiger partial charge in [0, 0.05) is 26.3 Å². The fraction of sp³-hybridized carbons (Fsp3) is 0.357. The molecule has 9 heteroatoms. The molecule has 3 N–H and O–H groups in total. The molecule has 0 radical (unpaired) electrons. The molecule has 3 rings (SSSR count). The average molecular weight is 317 g/mol. The summed E-state index contributed by atoms with van der Waals surface area (Å²) in [5.41, 5.74) is 4.52. The van der Waals surface area contributed by atoms with Crippen molar-refractivity contribution in [3.63, 3.8) is 0 Å². The van der Waals surface area contributed by atoms with Gasteiger partial charge in [-0.1, -0.05) is 0 Å². The van der Waals surface area contributed by atoms with Crippen molar-refractivity contribution in [3.05, 3.63) is 38.7 Å². The predicted molar refractivity (Wildman–Crippen MR) is 80.8 cm³/mol. The van der Waals surface area contributed by atoms with Gasteiger partial charge >= 0.3 is 5.69 Å². The minimum Gasteiger partial charge on any atom is -0.369 e. The topological polar surface area (TPSA) is 131 Å². The van der Waals surface area contributed by atoms with Crippen LogP contribution in [-0.2, 0) is 11.8 Å². The fourth-order valence-corrected chi connectivity index (χ4v) is 2.71. The van der Waals surface area contributed by atoms with Crippen molar-refractivity contribution in [2.45, 2.75) is 6.42 Å². The molecule has 1 aliphatic heterocycles. The van der Waals surface area contributed by atoms with Crippen LogP contribution in [0, 0.1) is 5.92 Å². The molecule has 2 amide bonds. The van der Waals surface area contributed by atoms with Crippen LogP contribution in [0.1, 0.15) is 16.8 Å². The maximum Gasteiger partial charge on any atom is 0.329 e. The van der Waals surface area contributed by atoms with Crippen LogP contribution in [0.2, 0.25) is 0 Å². The maximum absolute atomic E-state index is 12.5. The molecule has 120 valence electrons. The highest BCUT2D eigenvalue weighted by molar-refractivity contribution is 5.97. The molecule has 9 nitrogen and oxygen atoms in total. The largest absolute Gasteiger partial charge is 0.369 e. The molecule has 2 aromatic rings. The number of nitrogens with one attached hydrogen (secondary N) is 1. The maximum atomic E-state index is 12.5. The van der Waals surface area contributed by atoms with Gasteiger partial charge in [0.2, 0.25) is 5.91 Å². The summed E-state index contributed by atoms with van der Waals surface area (Å²) >= 11 is 0. The Bertz CT molecular complexity index is 929. The number of pyridine rings is 1. The minimum absolute atomic E-state index is 0.156. The number of nitrogens with zero attached hydrogens (tertiary/aromatic N) is 3. The van der Waals surface area contributed by atoms with Crippen LogP contribution in [0.4, 0.5) is 0 Å². The molecule has 0 bridgehead atoms. The van der Waals surface area contributed by atoms with E-state index in [0.29, 0.717) is 13.0 Å². The first-order chi connectivity index (χ1) is 10.9. The Morgan fingerprint density at radius 3 is 2.78 bits per heavy atom. The van der Waals surface area contributed by atoms with Gasteiger partial charge in [0.1, 0.15) is 5.65 Å². The van der Waals surface area contributed by atoms with Gasteiger partial charge < -0.3 is 10.6 Å². The fourth-order valence-electron chi connectivity index (χ4n) is 2.71. The third kappa shape index (κ3) is 2.50. The molecule has 0 saturated carbocycles. The Morgan fingerprint density at radius 2 is 2.13 bits per heavy atom. The summed E-state index contributed by atoms with van der Waals surface area (Å²) in [6, 6.07) is 1.40. The number of fused-ring (bicyclic) bond motifs is 1. The number of aromatic nitrogens is 3. The van der Waals surface area contributed by atoms with Crippen molar-refractivity contribution in [2.75, 3.05) is 13.1 Å². The SMILES string of the molecule is Cn1c(=O)[nH]c(=O)c2cc(C(=O)N3CC[C@@H](C(N)=O)C3)cnc21. The third-order valence-corrected chi connectivity index (χ3v) is 4.08. The van der Waals surface area contributed by atoms with E-state index in [1.165, 1.54) is 28.8 Å². The van der Waals surface area contributed by atoms with Crippen LogP contribution < -0.4 is 17.0 Å². The highest BCUT2D eigenvalue weighted by atomic mass is 16.2. The van der Waals surface area contributed by atoms with Gasteiger partial charge in [0.25, 0.3) is 11.5 Å². The molecule has 2 aromatic heterocycles. The van der Waals surface area contributed by atoms with E-state index in [0.717, 1.165) is 0 Å². The summed E-state index contributed by atoms with van der Waals surface area (Å²) in [4.78, 5) is 54.8. The van der Waals surface area contributed by atoms with Gasteiger partial charge in [-0.2, -0.15) is 0 Å². The van der Waals surface area contributed by atoms with E-state index >= 15 is 0 Å². The van der Waals surface area contributed by atoms with Crippen LogP contribution in [0.3, 0.4) is 0 Å². The van der Waals surface area contributed by atoms with Crippen molar-refractivity contribution >= 4 is 22.8 Å². The summed E-state index contributed by atoms with van der Waals surface area (Å²) in [7, 11) is 1.48.